The molecule has 0 bridgehead atoms. The Bertz CT molecular complexity index is 371. The molecule has 4 nitrogen and oxygen atoms in total. The summed E-state index contributed by atoms with van der Waals surface area (Å²) >= 11 is 0. The predicted molar refractivity (Wildman–Crippen MR) is 51.4 cm³/mol. The number of rotatable bonds is 2. The lowest BCUT2D eigenvalue weighted by Gasteiger charge is -2.10. The molecule has 0 spiro atoms. The molecule has 0 saturated heterocycles. The topological polar surface area (TPSA) is 57.6 Å². The predicted octanol–water partition coefficient (Wildman–Crippen LogP) is 1.09. The van der Waals surface area contributed by atoms with Gasteiger partial charge in [-0.1, -0.05) is 6.07 Å². The number of aromatic carboxylic acids is 1. The van der Waals surface area contributed by atoms with Crippen molar-refractivity contribution < 1.29 is 14.7 Å². The highest BCUT2D eigenvalue weighted by molar-refractivity contribution is 5.97. The Labute approximate surface area is 81.8 Å². The van der Waals surface area contributed by atoms with Crippen LogP contribution >= 0.6 is 0 Å². The van der Waals surface area contributed by atoms with E-state index in [9.17, 15) is 9.59 Å². The third-order valence-electron chi connectivity index (χ3n) is 1.76. The van der Waals surface area contributed by atoms with Gasteiger partial charge in [0.05, 0.1) is 5.56 Å². The van der Waals surface area contributed by atoms with Crippen molar-refractivity contribution in [2.75, 3.05) is 14.1 Å². The molecular weight excluding hydrogens is 182 g/mol. The maximum atomic E-state index is 11.5. The molecule has 14 heavy (non-hydrogen) atoms. The maximum Gasteiger partial charge on any atom is 0.335 e. The average molecular weight is 193 g/mol. The number of benzene rings is 1. The first-order chi connectivity index (χ1) is 6.52. The summed E-state index contributed by atoms with van der Waals surface area (Å²) in [5.74, 6) is -1.23. The molecule has 0 aliphatic heterocycles. The van der Waals surface area contributed by atoms with Crippen molar-refractivity contribution in [3.8, 4) is 0 Å². The number of carboxylic acid groups (broad SMARTS) is 1. The van der Waals surface area contributed by atoms with Crippen LogP contribution in [0.5, 0.6) is 0 Å². The van der Waals surface area contributed by atoms with E-state index in [0.29, 0.717) is 5.56 Å². The quantitative estimate of drug-likeness (QED) is 0.764. The third kappa shape index (κ3) is 2.10. The van der Waals surface area contributed by atoms with E-state index in [2.05, 4.69) is 0 Å². The van der Waals surface area contributed by atoms with Gasteiger partial charge >= 0.3 is 5.97 Å². The number of carbonyl (C=O) groups excluding carboxylic acids is 1. The lowest BCUT2D eigenvalue weighted by molar-refractivity contribution is 0.0697. The zero-order valence-electron chi connectivity index (χ0n) is 8.02. The van der Waals surface area contributed by atoms with Gasteiger partial charge in [-0.05, 0) is 18.2 Å². The lowest BCUT2D eigenvalue weighted by Crippen LogP contribution is -2.21. The minimum absolute atomic E-state index is 0.123. The van der Waals surface area contributed by atoms with Gasteiger partial charge in [-0.25, -0.2) is 4.79 Å². The smallest absolute Gasteiger partial charge is 0.335 e. The van der Waals surface area contributed by atoms with Gasteiger partial charge in [-0.3, -0.25) is 4.79 Å². The van der Waals surface area contributed by atoms with E-state index in [1.54, 1.807) is 26.2 Å². The average Bonchev–Trinajstić information content (AvgIpc) is 2.16. The highest BCUT2D eigenvalue weighted by Crippen LogP contribution is 2.06. The van der Waals surface area contributed by atoms with Gasteiger partial charge in [0.1, 0.15) is 0 Å². The molecule has 0 saturated carbocycles. The third-order valence-corrected chi connectivity index (χ3v) is 1.76. The summed E-state index contributed by atoms with van der Waals surface area (Å²) < 4.78 is 0. The van der Waals surface area contributed by atoms with Gasteiger partial charge in [0.15, 0.2) is 0 Å². The number of amides is 1. The Morgan fingerprint density at radius 3 is 2.29 bits per heavy atom. The van der Waals surface area contributed by atoms with Crippen LogP contribution < -0.4 is 0 Å². The summed E-state index contributed by atoms with van der Waals surface area (Å²) in [6.07, 6.45) is 0. The van der Waals surface area contributed by atoms with Crippen LogP contribution in [-0.2, 0) is 0 Å². The van der Waals surface area contributed by atoms with E-state index in [1.807, 2.05) is 0 Å². The Morgan fingerprint density at radius 2 is 1.79 bits per heavy atom. The summed E-state index contributed by atoms with van der Waals surface area (Å²) in [6, 6.07) is 5.97. The lowest BCUT2D eigenvalue weighted by atomic mass is 10.1. The molecule has 0 atom stereocenters. The van der Waals surface area contributed by atoms with Crippen LogP contribution in [0.3, 0.4) is 0 Å². The highest BCUT2D eigenvalue weighted by Gasteiger charge is 2.10. The molecule has 0 aliphatic rings. The van der Waals surface area contributed by atoms with E-state index in [4.69, 9.17) is 5.11 Å². The highest BCUT2D eigenvalue weighted by atomic mass is 16.4. The minimum atomic E-state index is -1.03. The second kappa shape index (κ2) is 3.91. The van der Waals surface area contributed by atoms with Crippen LogP contribution in [0, 0.1) is 0 Å². The van der Waals surface area contributed by atoms with Gasteiger partial charge in [0.2, 0.25) is 0 Å². The number of hydrogen-bond acceptors (Lipinski definition) is 2. The number of carboxylic acids is 1. The molecule has 0 aromatic heterocycles. The molecule has 0 radical (unpaired) electrons. The molecule has 1 rings (SSSR count). The minimum Gasteiger partial charge on any atom is -0.478 e. The van der Waals surface area contributed by atoms with E-state index in [0.717, 1.165) is 0 Å². The number of carbonyl (C=O) groups is 2. The number of nitrogens with zero attached hydrogens (tertiary/aromatic N) is 1. The van der Waals surface area contributed by atoms with Gasteiger partial charge in [0, 0.05) is 19.7 Å². The standard InChI is InChI=1S/C10H11NO3/c1-11(2)9(12)7-4-3-5-8(6-7)10(13)14/h3-6H,1-2H3,(H,13,14). The Morgan fingerprint density at radius 1 is 1.21 bits per heavy atom. The first kappa shape index (κ1) is 10.2. The molecule has 0 heterocycles. The molecule has 1 aromatic rings. The first-order valence-electron chi connectivity index (χ1n) is 4.07. The molecular formula is C10H11NO3. The van der Waals surface area contributed by atoms with Crippen molar-refractivity contribution in [3.63, 3.8) is 0 Å². The van der Waals surface area contributed by atoms with Crippen LogP contribution in [0.25, 0.3) is 0 Å². The van der Waals surface area contributed by atoms with Gasteiger partial charge in [0.25, 0.3) is 5.91 Å². The van der Waals surface area contributed by atoms with Crippen LogP contribution in [0.15, 0.2) is 24.3 Å². The molecule has 0 fully saturated rings. The zero-order valence-corrected chi connectivity index (χ0v) is 8.02. The fourth-order valence-corrected chi connectivity index (χ4v) is 1.04. The van der Waals surface area contributed by atoms with E-state index in [-0.39, 0.29) is 11.5 Å². The molecule has 4 heteroatoms. The van der Waals surface area contributed by atoms with Crippen molar-refractivity contribution >= 4 is 11.9 Å². The van der Waals surface area contributed by atoms with E-state index < -0.39 is 5.97 Å². The van der Waals surface area contributed by atoms with Crippen molar-refractivity contribution in [3.05, 3.63) is 35.4 Å². The Hall–Kier alpha value is -1.84. The molecule has 1 aromatic carbocycles. The second-order valence-corrected chi connectivity index (χ2v) is 3.09. The van der Waals surface area contributed by atoms with Gasteiger partial charge in [-0.15, -0.1) is 0 Å². The van der Waals surface area contributed by atoms with Crippen molar-refractivity contribution in [1.82, 2.24) is 4.90 Å². The summed E-state index contributed by atoms with van der Waals surface area (Å²) in [5, 5.41) is 8.70. The molecule has 1 N–H and O–H groups in total. The second-order valence-electron chi connectivity index (χ2n) is 3.09. The summed E-state index contributed by atoms with van der Waals surface area (Å²) in [4.78, 5) is 23.5. The van der Waals surface area contributed by atoms with Crippen molar-refractivity contribution in [2.24, 2.45) is 0 Å². The largest absolute Gasteiger partial charge is 0.478 e. The van der Waals surface area contributed by atoms with Gasteiger partial charge < -0.3 is 10.0 Å². The van der Waals surface area contributed by atoms with E-state index in [1.165, 1.54) is 17.0 Å². The van der Waals surface area contributed by atoms with Crippen LogP contribution in [0.4, 0.5) is 0 Å². The summed E-state index contributed by atoms with van der Waals surface area (Å²) in [5.41, 5.74) is 0.507. The van der Waals surface area contributed by atoms with Crippen LogP contribution in [-0.4, -0.2) is 36.0 Å². The van der Waals surface area contributed by atoms with Crippen LogP contribution in [0.2, 0.25) is 0 Å². The fraction of sp³-hybridized carbons (Fsp3) is 0.200. The monoisotopic (exact) mass is 193 g/mol. The van der Waals surface area contributed by atoms with Crippen molar-refractivity contribution in [1.29, 1.82) is 0 Å². The molecule has 0 aliphatic carbocycles. The zero-order chi connectivity index (χ0) is 10.7. The summed E-state index contributed by atoms with van der Waals surface area (Å²) in [6.45, 7) is 0. The maximum absolute atomic E-state index is 11.5. The summed E-state index contributed by atoms with van der Waals surface area (Å²) in [7, 11) is 3.24. The Kier molecular flexibility index (Phi) is 2.86. The Balaban J connectivity index is 3.06. The molecule has 1 amide bonds. The van der Waals surface area contributed by atoms with Gasteiger partial charge in [-0.2, -0.15) is 0 Å². The normalized spacial score (nSPS) is 9.57. The molecule has 74 valence electrons. The fourth-order valence-electron chi connectivity index (χ4n) is 1.04. The molecule has 0 unspecified atom stereocenters. The SMILES string of the molecule is CN(C)C(=O)c1cccc(C(=O)O)c1. The number of hydrogen-bond donors (Lipinski definition) is 1. The first-order valence-corrected chi connectivity index (χ1v) is 4.07. The van der Waals surface area contributed by atoms with Crippen LogP contribution in [0.1, 0.15) is 20.7 Å². The van der Waals surface area contributed by atoms with E-state index >= 15 is 0 Å². The van der Waals surface area contributed by atoms with Crippen molar-refractivity contribution in [2.45, 2.75) is 0 Å².